The molecule has 0 aromatic heterocycles. The minimum absolute atomic E-state index is 0.590. The van der Waals surface area contributed by atoms with Crippen LogP contribution in [0, 0.1) is 0 Å². The van der Waals surface area contributed by atoms with Gasteiger partial charge in [0.1, 0.15) is 0 Å². The summed E-state index contributed by atoms with van der Waals surface area (Å²) in [6.07, 6.45) is 0.774. The lowest BCUT2D eigenvalue weighted by Crippen LogP contribution is -2.29. The Balaban J connectivity index is 2.55. The summed E-state index contributed by atoms with van der Waals surface area (Å²) in [6, 6.07) is 10.5. The standard InChI is InChI=1S/C14H22N2S2/c1-12(2)18-11-10-16(9-8-14(15)17)13-6-4-3-5-7-13/h3-7,12H,8-11H2,1-2H3,(H2,15,17). The van der Waals surface area contributed by atoms with Crippen LogP contribution < -0.4 is 10.6 Å². The maximum absolute atomic E-state index is 5.60. The summed E-state index contributed by atoms with van der Waals surface area (Å²) in [5.74, 6) is 1.13. The predicted molar refractivity (Wildman–Crippen MR) is 87.7 cm³/mol. The summed E-state index contributed by atoms with van der Waals surface area (Å²) >= 11 is 6.95. The Bertz CT molecular complexity index is 352. The van der Waals surface area contributed by atoms with Crippen molar-refractivity contribution in [2.45, 2.75) is 25.5 Å². The fraction of sp³-hybridized carbons (Fsp3) is 0.500. The van der Waals surface area contributed by atoms with E-state index in [1.54, 1.807) is 0 Å². The van der Waals surface area contributed by atoms with Crippen LogP contribution in [0.25, 0.3) is 0 Å². The van der Waals surface area contributed by atoms with Crippen LogP contribution in [0.4, 0.5) is 5.69 Å². The predicted octanol–water partition coefficient (Wildman–Crippen LogP) is 3.31. The van der Waals surface area contributed by atoms with Crippen molar-refractivity contribution in [3.63, 3.8) is 0 Å². The minimum atomic E-state index is 0.590. The normalized spacial score (nSPS) is 10.6. The maximum Gasteiger partial charge on any atom is 0.0745 e. The van der Waals surface area contributed by atoms with Gasteiger partial charge >= 0.3 is 0 Å². The molecule has 100 valence electrons. The Morgan fingerprint density at radius 1 is 1.28 bits per heavy atom. The van der Waals surface area contributed by atoms with Crippen LogP contribution in [0.1, 0.15) is 20.3 Å². The van der Waals surface area contributed by atoms with E-state index in [9.17, 15) is 0 Å². The third kappa shape index (κ3) is 6.26. The van der Waals surface area contributed by atoms with Crippen molar-refractivity contribution >= 4 is 34.7 Å². The van der Waals surface area contributed by atoms with Gasteiger partial charge in [-0.25, -0.2) is 0 Å². The van der Waals surface area contributed by atoms with Crippen molar-refractivity contribution in [3.05, 3.63) is 30.3 Å². The van der Waals surface area contributed by atoms with E-state index in [0.717, 1.165) is 25.3 Å². The van der Waals surface area contributed by atoms with Gasteiger partial charge < -0.3 is 10.6 Å². The molecule has 1 aromatic carbocycles. The van der Waals surface area contributed by atoms with Crippen LogP contribution in [0.15, 0.2) is 30.3 Å². The number of nitrogens with two attached hydrogens (primary N) is 1. The largest absolute Gasteiger partial charge is 0.393 e. The number of thiocarbonyl (C=S) groups is 1. The Hall–Kier alpha value is -0.740. The van der Waals surface area contributed by atoms with Crippen LogP contribution in [-0.2, 0) is 0 Å². The van der Waals surface area contributed by atoms with Gasteiger partial charge in [-0.1, -0.05) is 44.3 Å². The maximum atomic E-state index is 5.60. The molecule has 0 saturated heterocycles. The molecule has 0 atom stereocenters. The molecule has 0 radical (unpaired) electrons. The van der Waals surface area contributed by atoms with Gasteiger partial charge in [0.15, 0.2) is 0 Å². The van der Waals surface area contributed by atoms with Crippen molar-refractivity contribution in [2.24, 2.45) is 5.73 Å². The van der Waals surface area contributed by atoms with Crippen molar-refractivity contribution in [2.75, 3.05) is 23.7 Å². The summed E-state index contributed by atoms with van der Waals surface area (Å²) in [5.41, 5.74) is 6.84. The fourth-order valence-corrected chi connectivity index (χ4v) is 2.54. The summed E-state index contributed by atoms with van der Waals surface area (Å²) in [4.78, 5) is 2.95. The number of nitrogens with zero attached hydrogens (tertiary/aromatic N) is 1. The molecule has 0 unspecified atom stereocenters. The molecule has 1 aromatic rings. The second kappa shape index (κ2) is 8.38. The first kappa shape index (κ1) is 15.3. The molecule has 0 heterocycles. The van der Waals surface area contributed by atoms with E-state index in [2.05, 4.69) is 43.0 Å². The SMILES string of the molecule is CC(C)SCCN(CCC(N)=S)c1ccccc1. The molecule has 0 spiro atoms. The second-order valence-corrected chi connectivity index (χ2v) is 6.67. The smallest absolute Gasteiger partial charge is 0.0745 e. The van der Waals surface area contributed by atoms with Crippen molar-refractivity contribution in [1.29, 1.82) is 0 Å². The van der Waals surface area contributed by atoms with E-state index in [1.165, 1.54) is 5.69 Å². The zero-order valence-corrected chi connectivity index (χ0v) is 12.8. The van der Waals surface area contributed by atoms with Gasteiger partial charge in [0.25, 0.3) is 0 Å². The second-order valence-electron chi connectivity index (χ2n) is 4.46. The molecule has 0 saturated carbocycles. The number of anilines is 1. The lowest BCUT2D eigenvalue weighted by molar-refractivity contribution is 0.841. The van der Waals surface area contributed by atoms with Crippen LogP contribution >= 0.6 is 24.0 Å². The number of hydrogen-bond acceptors (Lipinski definition) is 3. The molecule has 2 N–H and O–H groups in total. The third-order valence-electron chi connectivity index (χ3n) is 2.56. The Labute approximate surface area is 120 Å². The van der Waals surface area contributed by atoms with Gasteiger partial charge in [0.2, 0.25) is 0 Å². The molecule has 0 aliphatic heterocycles. The number of benzene rings is 1. The molecule has 4 heteroatoms. The highest BCUT2D eigenvalue weighted by Crippen LogP contribution is 2.16. The first-order valence-electron chi connectivity index (χ1n) is 6.29. The van der Waals surface area contributed by atoms with E-state index >= 15 is 0 Å². The van der Waals surface area contributed by atoms with Gasteiger partial charge in [0.05, 0.1) is 4.99 Å². The molecular formula is C14H22N2S2. The summed E-state index contributed by atoms with van der Waals surface area (Å²) < 4.78 is 0. The van der Waals surface area contributed by atoms with E-state index in [-0.39, 0.29) is 0 Å². The lowest BCUT2D eigenvalue weighted by Gasteiger charge is -2.25. The molecule has 18 heavy (non-hydrogen) atoms. The van der Waals surface area contributed by atoms with E-state index < -0.39 is 0 Å². The molecule has 1 rings (SSSR count). The Kier molecular flexibility index (Phi) is 7.13. The van der Waals surface area contributed by atoms with Crippen LogP contribution in [0.5, 0.6) is 0 Å². The zero-order chi connectivity index (χ0) is 13.4. The third-order valence-corrected chi connectivity index (χ3v) is 3.85. The zero-order valence-electron chi connectivity index (χ0n) is 11.1. The highest BCUT2D eigenvalue weighted by atomic mass is 32.2. The van der Waals surface area contributed by atoms with Crippen molar-refractivity contribution in [3.8, 4) is 0 Å². The van der Waals surface area contributed by atoms with Crippen molar-refractivity contribution in [1.82, 2.24) is 0 Å². The summed E-state index contributed by atoms with van der Waals surface area (Å²) in [6.45, 7) is 6.40. The van der Waals surface area contributed by atoms with E-state index in [0.29, 0.717) is 10.2 Å². The molecule has 0 aliphatic rings. The number of para-hydroxylation sites is 1. The molecular weight excluding hydrogens is 260 g/mol. The van der Waals surface area contributed by atoms with E-state index in [4.69, 9.17) is 18.0 Å². The average molecular weight is 282 g/mol. The summed E-state index contributed by atoms with van der Waals surface area (Å²) in [7, 11) is 0. The number of thioether (sulfide) groups is 1. The van der Waals surface area contributed by atoms with Gasteiger partial charge in [-0.3, -0.25) is 0 Å². The quantitative estimate of drug-likeness (QED) is 0.741. The molecule has 0 amide bonds. The molecule has 0 bridgehead atoms. The monoisotopic (exact) mass is 282 g/mol. The number of rotatable bonds is 8. The van der Waals surface area contributed by atoms with Crippen molar-refractivity contribution < 1.29 is 0 Å². The van der Waals surface area contributed by atoms with Gasteiger partial charge in [-0.15, -0.1) is 0 Å². The first-order valence-corrected chi connectivity index (χ1v) is 7.75. The summed E-state index contributed by atoms with van der Waals surface area (Å²) in [5, 5.41) is 0.679. The number of hydrogen-bond donors (Lipinski definition) is 1. The van der Waals surface area contributed by atoms with Crippen LogP contribution in [0.2, 0.25) is 0 Å². The fourth-order valence-electron chi connectivity index (χ4n) is 1.65. The van der Waals surface area contributed by atoms with Gasteiger partial charge in [-0.05, 0) is 17.4 Å². The highest BCUT2D eigenvalue weighted by molar-refractivity contribution is 7.99. The highest BCUT2D eigenvalue weighted by Gasteiger charge is 2.07. The Morgan fingerprint density at radius 2 is 1.94 bits per heavy atom. The molecule has 0 aliphatic carbocycles. The average Bonchev–Trinajstić information content (AvgIpc) is 2.34. The van der Waals surface area contributed by atoms with Gasteiger partial charge in [0, 0.05) is 31.0 Å². The van der Waals surface area contributed by atoms with E-state index in [1.807, 2.05) is 17.8 Å². The molecule has 2 nitrogen and oxygen atoms in total. The van der Waals surface area contributed by atoms with Crippen LogP contribution in [-0.4, -0.2) is 29.1 Å². The molecule has 0 fully saturated rings. The topological polar surface area (TPSA) is 29.3 Å². The van der Waals surface area contributed by atoms with Crippen LogP contribution in [0.3, 0.4) is 0 Å². The lowest BCUT2D eigenvalue weighted by atomic mass is 10.2. The van der Waals surface area contributed by atoms with Gasteiger partial charge in [-0.2, -0.15) is 11.8 Å². The Morgan fingerprint density at radius 3 is 2.50 bits per heavy atom. The first-order chi connectivity index (χ1) is 8.59. The minimum Gasteiger partial charge on any atom is -0.393 e.